The highest BCUT2D eigenvalue weighted by Gasteiger charge is 2.28. The van der Waals surface area contributed by atoms with Crippen LogP contribution in [-0.2, 0) is 33.7 Å². The summed E-state index contributed by atoms with van der Waals surface area (Å²) in [4.78, 5) is 38.0. The van der Waals surface area contributed by atoms with Gasteiger partial charge in [-0.2, -0.15) is 0 Å². The first-order chi connectivity index (χ1) is 16.0. The van der Waals surface area contributed by atoms with Crippen molar-refractivity contribution in [3.8, 4) is 0 Å². The predicted octanol–water partition coefficient (Wildman–Crippen LogP) is 1.84. The van der Waals surface area contributed by atoms with Gasteiger partial charge >= 0.3 is 12.0 Å². The van der Waals surface area contributed by atoms with Crippen molar-refractivity contribution >= 4 is 17.8 Å². The fourth-order valence-corrected chi connectivity index (χ4v) is 4.21. The number of rotatable bonds is 6. The third-order valence-corrected chi connectivity index (χ3v) is 5.82. The number of morpholine rings is 1. The van der Waals surface area contributed by atoms with Crippen LogP contribution >= 0.6 is 0 Å². The molecule has 1 N–H and O–H groups in total. The average molecular weight is 454 g/mol. The average Bonchev–Trinajstić information content (AvgIpc) is 2.82. The number of urea groups is 1. The van der Waals surface area contributed by atoms with Gasteiger partial charge in [0.1, 0.15) is 18.2 Å². The lowest BCUT2D eigenvalue weighted by Crippen LogP contribution is -2.46. The Morgan fingerprint density at radius 1 is 1.18 bits per heavy atom. The molecule has 1 saturated heterocycles. The van der Waals surface area contributed by atoms with Gasteiger partial charge in [-0.3, -0.25) is 4.79 Å². The zero-order valence-electron chi connectivity index (χ0n) is 19.3. The predicted molar refractivity (Wildman–Crippen MR) is 123 cm³/mol. The molecule has 0 bridgehead atoms. The molecule has 0 spiro atoms. The number of nitrogens with zero attached hydrogens (tertiary/aromatic N) is 4. The Morgan fingerprint density at radius 3 is 2.76 bits per heavy atom. The summed E-state index contributed by atoms with van der Waals surface area (Å²) < 4.78 is 10.4. The fraction of sp³-hybridized carbons (Fsp3) is 0.500. The van der Waals surface area contributed by atoms with Crippen LogP contribution in [0.5, 0.6) is 0 Å². The van der Waals surface area contributed by atoms with Crippen molar-refractivity contribution in [1.29, 1.82) is 0 Å². The Labute approximate surface area is 194 Å². The Kier molecular flexibility index (Phi) is 7.39. The molecule has 1 aromatic carbocycles. The van der Waals surface area contributed by atoms with E-state index in [9.17, 15) is 9.59 Å². The summed E-state index contributed by atoms with van der Waals surface area (Å²) in [6, 6.07) is 8.11. The SMILES string of the molecule is CCOC(=O)CNC(=O)N1CCc2nc(Cc3cccc(C)c3)nc(N3CCOCC3)c2C1. The van der Waals surface area contributed by atoms with Crippen molar-refractivity contribution in [3.63, 3.8) is 0 Å². The van der Waals surface area contributed by atoms with Crippen molar-refractivity contribution in [2.75, 3.05) is 50.9 Å². The Balaban J connectivity index is 1.56. The number of benzene rings is 1. The zero-order chi connectivity index (χ0) is 23.2. The van der Waals surface area contributed by atoms with Gasteiger partial charge in [-0.15, -0.1) is 0 Å². The van der Waals surface area contributed by atoms with Crippen LogP contribution in [0.2, 0.25) is 0 Å². The number of anilines is 1. The van der Waals surface area contributed by atoms with E-state index in [1.54, 1.807) is 11.8 Å². The number of amides is 2. The lowest BCUT2D eigenvalue weighted by Gasteiger charge is -2.34. The first-order valence-electron chi connectivity index (χ1n) is 11.5. The molecule has 2 aromatic rings. The Hall–Kier alpha value is -3.20. The number of ether oxygens (including phenoxy) is 2. The van der Waals surface area contributed by atoms with Crippen LogP contribution in [0.4, 0.5) is 10.6 Å². The molecule has 2 aliphatic heterocycles. The van der Waals surface area contributed by atoms with E-state index in [1.807, 2.05) is 0 Å². The van der Waals surface area contributed by atoms with E-state index >= 15 is 0 Å². The quantitative estimate of drug-likeness (QED) is 0.667. The van der Waals surface area contributed by atoms with Crippen LogP contribution < -0.4 is 10.2 Å². The summed E-state index contributed by atoms with van der Waals surface area (Å²) in [5, 5.41) is 2.65. The van der Waals surface area contributed by atoms with Crippen molar-refractivity contribution in [2.24, 2.45) is 0 Å². The molecular weight excluding hydrogens is 422 g/mol. The van der Waals surface area contributed by atoms with E-state index < -0.39 is 5.97 Å². The molecule has 33 heavy (non-hydrogen) atoms. The lowest BCUT2D eigenvalue weighted by molar-refractivity contribution is -0.141. The van der Waals surface area contributed by atoms with Crippen LogP contribution in [0.3, 0.4) is 0 Å². The molecule has 4 rings (SSSR count). The molecule has 0 saturated carbocycles. The number of hydrogen-bond acceptors (Lipinski definition) is 7. The van der Waals surface area contributed by atoms with Gasteiger partial charge in [0, 0.05) is 38.0 Å². The minimum Gasteiger partial charge on any atom is -0.465 e. The van der Waals surface area contributed by atoms with Gasteiger partial charge in [-0.25, -0.2) is 14.8 Å². The highest BCUT2D eigenvalue weighted by Crippen LogP contribution is 2.28. The minimum absolute atomic E-state index is 0.141. The van der Waals surface area contributed by atoms with Crippen LogP contribution in [0.25, 0.3) is 0 Å². The summed E-state index contributed by atoms with van der Waals surface area (Å²) in [5.74, 6) is 1.23. The Bertz CT molecular complexity index is 1010. The van der Waals surface area contributed by atoms with Crippen LogP contribution in [0, 0.1) is 6.92 Å². The van der Waals surface area contributed by atoms with E-state index in [2.05, 4.69) is 41.4 Å². The number of hydrogen-bond donors (Lipinski definition) is 1. The third-order valence-electron chi connectivity index (χ3n) is 5.82. The minimum atomic E-state index is -0.443. The molecule has 1 fully saturated rings. The van der Waals surface area contributed by atoms with Gasteiger partial charge in [0.25, 0.3) is 0 Å². The summed E-state index contributed by atoms with van der Waals surface area (Å²) in [6.45, 7) is 7.71. The third kappa shape index (κ3) is 5.78. The van der Waals surface area contributed by atoms with Gasteiger partial charge in [-0.05, 0) is 19.4 Å². The largest absolute Gasteiger partial charge is 0.465 e. The highest BCUT2D eigenvalue weighted by molar-refractivity contribution is 5.81. The van der Waals surface area contributed by atoms with Crippen molar-refractivity contribution in [2.45, 2.75) is 33.2 Å². The first-order valence-corrected chi connectivity index (χ1v) is 11.5. The molecule has 0 aliphatic carbocycles. The van der Waals surface area contributed by atoms with E-state index in [0.717, 1.165) is 36.0 Å². The molecule has 9 nitrogen and oxygen atoms in total. The maximum atomic E-state index is 12.7. The Morgan fingerprint density at radius 2 is 2.00 bits per heavy atom. The zero-order valence-corrected chi connectivity index (χ0v) is 19.3. The van der Waals surface area contributed by atoms with Crippen molar-refractivity contribution in [3.05, 3.63) is 52.5 Å². The van der Waals surface area contributed by atoms with Crippen LogP contribution in [0.15, 0.2) is 24.3 Å². The molecule has 2 aliphatic rings. The van der Waals surface area contributed by atoms with Gasteiger partial charge in [0.2, 0.25) is 0 Å². The molecule has 0 unspecified atom stereocenters. The maximum absolute atomic E-state index is 12.7. The van der Waals surface area contributed by atoms with Gasteiger partial charge in [0.15, 0.2) is 0 Å². The number of esters is 1. The van der Waals surface area contributed by atoms with Gasteiger partial charge < -0.3 is 24.6 Å². The molecule has 0 atom stereocenters. The number of aromatic nitrogens is 2. The smallest absolute Gasteiger partial charge is 0.325 e. The molecular formula is C24H31N5O4. The molecule has 3 heterocycles. The number of aryl methyl sites for hydroxylation is 1. The molecule has 1 aromatic heterocycles. The normalized spacial score (nSPS) is 15.7. The van der Waals surface area contributed by atoms with Crippen molar-refractivity contribution < 1.29 is 19.1 Å². The van der Waals surface area contributed by atoms with Gasteiger partial charge in [-0.1, -0.05) is 29.8 Å². The summed E-state index contributed by atoms with van der Waals surface area (Å²) in [7, 11) is 0. The van der Waals surface area contributed by atoms with Crippen molar-refractivity contribution in [1.82, 2.24) is 20.2 Å². The second-order valence-corrected chi connectivity index (χ2v) is 8.29. The first kappa shape index (κ1) is 23.0. The van der Waals surface area contributed by atoms with Crippen LogP contribution in [-0.4, -0.2) is 72.9 Å². The topological polar surface area (TPSA) is 96.9 Å². The number of nitrogens with one attached hydrogen (secondary N) is 1. The number of fused-ring (bicyclic) bond motifs is 1. The summed E-state index contributed by atoms with van der Waals surface area (Å²) in [6.07, 6.45) is 1.30. The highest BCUT2D eigenvalue weighted by atomic mass is 16.5. The monoisotopic (exact) mass is 453 g/mol. The molecule has 9 heteroatoms. The number of carbonyl (C=O) groups is 2. The van der Waals surface area contributed by atoms with E-state index in [0.29, 0.717) is 39.1 Å². The van der Waals surface area contributed by atoms with Crippen LogP contribution in [0.1, 0.15) is 35.1 Å². The maximum Gasteiger partial charge on any atom is 0.325 e. The fourth-order valence-electron chi connectivity index (χ4n) is 4.21. The lowest BCUT2D eigenvalue weighted by atomic mass is 10.0. The standard InChI is InChI=1S/C24H31N5O4/c1-3-33-22(30)15-25-24(31)29-8-7-20-19(16-29)23(28-9-11-32-12-10-28)27-21(26-20)14-18-6-4-5-17(2)13-18/h4-6,13H,3,7-12,14-16H2,1-2H3,(H,25,31). The van der Waals surface area contributed by atoms with Gasteiger partial charge in [0.05, 0.1) is 32.1 Å². The molecule has 0 radical (unpaired) electrons. The second-order valence-electron chi connectivity index (χ2n) is 8.29. The van der Waals surface area contributed by atoms with E-state index in [4.69, 9.17) is 19.4 Å². The van der Waals surface area contributed by atoms with E-state index in [-0.39, 0.29) is 19.2 Å². The molecule has 2 amide bonds. The second kappa shape index (κ2) is 10.6. The summed E-state index contributed by atoms with van der Waals surface area (Å²) >= 11 is 0. The molecule has 176 valence electrons. The van der Waals surface area contributed by atoms with E-state index in [1.165, 1.54) is 11.1 Å². The summed E-state index contributed by atoms with van der Waals surface area (Å²) in [5.41, 5.74) is 4.35. The number of carbonyl (C=O) groups excluding carboxylic acids is 2.